The molecule has 5 nitrogen and oxygen atoms in total. The molecule has 3 aromatic rings. The summed E-state index contributed by atoms with van der Waals surface area (Å²) in [5, 5.41) is 1.92. The Kier molecular flexibility index (Phi) is 4.80. The monoisotopic (exact) mass is 376 g/mol. The molecule has 2 amide bonds. The van der Waals surface area contributed by atoms with Crippen LogP contribution < -0.4 is 10.1 Å². The summed E-state index contributed by atoms with van der Waals surface area (Å²) in [6, 6.07) is 21.5. The van der Waals surface area contributed by atoms with Gasteiger partial charge in [0.15, 0.2) is 0 Å². The molecular formula is C21H16N2O3S. The fourth-order valence-electron chi connectivity index (χ4n) is 2.75. The third-order valence-electron chi connectivity index (χ3n) is 4.06. The predicted molar refractivity (Wildman–Crippen MR) is 106 cm³/mol. The van der Waals surface area contributed by atoms with Gasteiger partial charge in [-0.15, -0.1) is 0 Å². The number of benzene rings is 2. The van der Waals surface area contributed by atoms with Gasteiger partial charge in [0.25, 0.3) is 11.1 Å². The van der Waals surface area contributed by atoms with Gasteiger partial charge >= 0.3 is 0 Å². The first-order chi connectivity index (χ1) is 13.2. The van der Waals surface area contributed by atoms with Crippen LogP contribution in [0.1, 0.15) is 11.3 Å². The average Bonchev–Trinajstić information content (AvgIpc) is 3.27. The van der Waals surface area contributed by atoms with Crippen molar-refractivity contribution in [2.75, 3.05) is 0 Å². The van der Waals surface area contributed by atoms with Gasteiger partial charge in [-0.2, -0.15) is 0 Å². The molecule has 0 radical (unpaired) electrons. The second kappa shape index (κ2) is 7.55. The van der Waals surface area contributed by atoms with Crippen LogP contribution in [-0.2, 0) is 11.4 Å². The maximum atomic E-state index is 11.7. The molecule has 1 fully saturated rings. The maximum absolute atomic E-state index is 11.7. The van der Waals surface area contributed by atoms with Crippen molar-refractivity contribution in [2.24, 2.45) is 0 Å². The van der Waals surface area contributed by atoms with E-state index in [4.69, 9.17) is 4.74 Å². The summed E-state index contributed by atoms with van der Waals surface area (Å²) in [6.45, 7) is 0.515. The highest BCUT2D eigenvalue weighted by molar-refractivity contribution is 8.18. The van der Waals surface area contributed by atoms with Crippen molar-refractivity contribution in [3.8, 4) is 11.4 Å². The number of thioether (sulfide) groups is 1. The van der Waals surface area contributed by atoms with E-state index < -0.39 is 0 Å². The minimum absolute atomic E-state index is 0.343. The SMILES string of the molecule is O=C1NC(=O)C(=Cc2cccn2-c2ccc(OCc3ccccc3)cc2)S1. The quantitative estimate of drug-likeness (QED) is 0.672. The van der Waals surface area contributed by atoms with Crippen LogP contribution in [-0.4, -0.2) is 15.7 Å². The molecule has 1 aliphatic rings. The van der Waals surface area contributed by atoms with Crippen LogP contribution in [0, 0.1) is 0 Å². The van der Waals surface area contributed by atoms with E-state index in [1.165, 1.54) is 0 Å². The van der Waals surface area contributed by atoms with Crippen LogP contribution in [0.15, 0.2) is 77.8 Å². The molecule has 1 saturated heterocycles. The van der Waals surface area contributed by atoms with E-state index in [1.807, 2.05) is 77.5 Å². The van der Waals surface area contributed by atoms with Gasteiger partial charge in [-0.25, -0.2) is 0 Å². The van der Waals surface area contributed by atoms with Gasteiger partial charge in [-0.1, -0.05) is 30.3 Å². The van der Waals surface area contributed by atoms with Crippen molar-refractivity contribution in [3.63, 3.8) is 0 Å². The number of ether oxygens (including phenoxy) is 1. The van der Waals surface area contributed by atoms with Gasteiger partial charge < -0.3 is 9.30 Å². The van der Waals surface area contributed by atoms with Crippen LogP contribution >= 0.6 is 11.8 Å². The molecule has 0 saturated carbocycles. The predicted octanol–water partition coefficient (Wildman–Crippen LogP) is 4.38. The Balaban J connectivity index is 1.50. The largest absolute Gasteiger partial charge is 0.489 e. The molecule has 1 N–H and O–H groups in total. The average molecular weight is 376 g/mol. The second-order valence-electron chi connectivity index (χ2n) is 5.92. The molecule has 134 valence electrons. The van der Waals surface area contributed by atoms with E-state index in [1.54, 1.807) is 6.08 Å². The summed E-state index contributed by atoms with van der Waals surface area (Å²) in [6.07, 6.45) is 3.62. The van der Waals surface area contributed by atoms with Crippen LogP contribution in [0.4, 0.5) is 4.79 Å². The molecule has 0 bridgehead atoms. The molecular weight excluding hydrogens is 360 g/mol. The van der Waals surface area contributed by atoms with Crippen molar-refractivity contribution >= 4 is 29.0 Å². The number of amides is 2. The third-order valence-corrected chi connectivity index (χ3v) is 4.88. The Morgan fingerprint density at radius 3 is 2.44 bits per heavy atom. The van der Waals surface area contributed by atoms with Crippen molar-refractivity contribution in [3.05, 3.63) is 89.1 Å². The lowest BCUT2D eigenvalue weighted by Crippen LogP contribution is -2.17. The lowest BCUT2D eigenvalue weighted by molar-refractivity contribution is -0.115. The zero-order valence-electron chi connectivity index (χ0n) is 14.3. The number of aromatic nitrogens is 1. The smallest absolute Gasteiger partial charge is 0.290 e. The number of rotatable bonds is 5. The Labute approximate surface area is 160 Å². The van der Waals surface area contributed by atoms with Gasteiger partial charge in [0.1, 0.15) is 12.4 Å². The number of carbonyl (C=O) groups is 2. The highest BCUT2D eigenvalue weighted by Gasteiger charge is 2.25. The minimum atomic E-state index is -0.359. The zero-order chi connectivity index (χ0) is 18.6. The molecule has 6 heteroatoms. The van der Waals surface area contributed by atoms with Crippen molar-refractivity contribution < 1.29 is 14.3 Å². The van der Waals surface area contributed by atoms with Gasteiger partial charge in [0.2, 0.25) is 0 Å². The molecule has 2 heterocycles. The van der Waals surface area contributed by atoms with E-state index in [-0.39, 0.29) is 11.1 Å². The molecule has 0 unspecified atom stereocenters. The van der Waals surface area contributed by atoms with E-state index in [2.05, 4.69) is 5.32 Å². The first-order valence-corrected chi connectivity index (χ1v) is 9.20. The number of hydrogen-bond acceptors (Lipinski definition) is 4. The standard InChI is InChI=1S/C21H16N2O3S/c24-20-19(27-21(25)22-20)13-17-7-4-12-23(17)16-8-10-18(11-9-16)26-14-15-5-2-1-3-6-15/h1-13H,14H2,(H,22,24,25). The van der Waals surface area contributed by atoms with Crippen LogP contribution in [0.3, 0.4) is 0 Å². The summed E-state index contributed by atoms with van der Waals surface area (Å²) >= 11 is 0.911. The minimum Gasteiger partial charge on any atom is -0.489 e. The number of carbonyl (C=O) groups excluding carboxylic acids is 2. The summed E-state index contributed by atoms with van der Waals surface area (Å²) in [5.41, 5.74) is 2.87. The zero-order valence-corrected chi connectivity index (χ0v) is 15.1. The highest BCUT2D eigenvalue weighted by Crippen LogP contribution is 2.27. The summed E-state index contributed by atoms with van der Waals surface area (Å²) in [5.74, 6) is 0.424. The first-order valence-electron chi connectivity index (χ1n) is 8.38. The summed E-state index contributed by atoms with van der Waals surface area (Å²) in [4.78, 5) is 23.5. The Bertz CT molecular complexity index is 1010. The molecule has 4 rings (SSSR count). The molecule has 1 aromatic heterocycles. The molecule has 0 atom stereocenters. The normalized spacial score (nSPS) is 15.2. The topological polar surface area (TPSA) is 60.3 Å². The fraction of sp³-hybridized carbons (Fsp3) is 0.0476. The van der Waals surface area contributed by atoms with Gasteiger partial charge in [-0.3, -0.25) is 14.9 Å². The first kappa shape index (κ1) is 17.2. The van der Waals surface area contributed by atoms with Gasteiger partial charge in [0, 0.05) is 17.6 Å². The van der Waals surface area contributed by atoms with Crippen molar-refractivity contribution in [2.45, 2.75) is 6.61 Å². The van der Waals surface area contributed by atoms with E-state index >= 15 is 0 Å². The lowest BCUT2D eigenvalue weighted by Gasteiger charge is -2.10. The van der Waals surface area contributed by atoms with E-state index in [0.717, 1.165) is 34.5 Å². The molecule has 1 aliphatic heterocycles. The van der Waals surface area contributed by atoms with E-state index in [9.17, 15) is 9.59 Å². The number of hydrogen-bond donors (Lipinski definition) is 1. The third kappa shape index (κ3) is 3.96. The Hall–Kier alpha value is -3.25. The van der Waals surface area contributed by atoms with E-state index in [0.29, 0.717) is 11.5 Å². The maximum Gasteiger partial charge on any atom is 0.290 e. The van der Waals surface area contributed by atoms with Gasteiger partial charge in [-0.05, 0) is 59.8 Å². The Morgan fingerprint density at radius 1 is 0.963 bits per heavy atom. The van der Waals surface area contributed by atoms with Crippen LogP contribution in [0.2, 0.25) is 0 Å². The number of nitrogens with zero attached hydrogens (tertiary/aromatic N) is 1. The summed E-state index contributed by atoms with van der Waals surface area (Å²) in [7, 11) is 0. The second-order valence-corrected chi connectivity index (χ2v) is 6.94. The fourth-order valence-corrected chi connectivity index (χ4v) is 3.41. The summed E-state index contributed by atoms with van der Waals surface area (Å²) < 4.78 is 7.76. The molecule has 2 aromatic carbocycles. The van der Waals surface area contributed by atoms with Gasteiger partial charge in [0.05, 0.1) is 4.91 Å². The van der Waals surface area contributed by atoms with Crippen molar-refractivity contribution in [1.29, 1.82) is 0 Å². The highest BCUT2D eigenvalue weighted by atomic mass is 32.2. The van der Waals surface area contributed by atoms with Crippen LogP contribution in [0.25, 0.3) is 11.8 Å². The van der Waals surface area contributed by atoms with Crippen molar-refractivity contribution in [1.82, 2.24) is 9.88 Å². The number of imide groups is 1. The number of nitrogens with one attached hydrogen (secondary N) is 1. The molecule has 27 heavy (non-hydrogen) atoms. The molecule has 0 spiro atoms. The molecule has 0 aliphatic carbocycles. The lowest BCUT2D eigenvalue weighted by atomic mass is 10.2. The Morgan fingerprint density at radius 2 is 1.74 bits per heavy atom. The van der Waals surface area contributed by atoms with Crippen LogP contribution in [0.5, 0.6) is 5.75 Å².